The first kappa shape index (κ1) is 19.0. The number of ketones is 1. The number of fused-ring (bicyclic) bond motifs is 1. The molecule has 2 aromatic carbocycles. The van der Waals surface area contributed by atoms with E-state index in [0.29, 0.717) is 9.90 Å². The lowest BCUT2D eigenvalue weighted by Gasteiger charge is -2.06. The normalized spacial score (nSPS) is 10.6. The van der Waals surface area contributed by atoms with Gasteiger partial charge in [0.25, 0.3) is 5.91 Å². The van der Waals surface area contributed by atoms with E-state index in [1.165, 1.54) is 23.5 Å². The average Bonchev–Trinajstić information content (AvgIpc) is 3.02. The molecule has 1 amide bonds. The number of hydrogen-bond donors (Lipinski definition) is 1. The maximum absolute atomic E-state index is 12.8. The number of carbonyl (C=O) groups is 3. The molecule has 0 radical (unpaired) electrons. The summed E-state index contributed by atoms with van der Waals surface area (Å²) in [7, 11) is 0. The Morgan fingerprint density at radius 3 is 2.48 bits per heavy atom. The third kappa shape index (κ3) is 4.50. The van der Waals surface area contributed by atoms with Gasteiger partial charge in [-0.15, -0.1) is 11.3 Å². The molecule has 0 aliphatic heterocycles. The molecule has 0 saturated carbocycles. The van der Waals surface area contributed by atoms with Crippen LogP contribution >= 0.6 is 22.9 Å². The Bertz CT molecular complexity index is 1020. The molecule has 0 bridgehead atoms. The topological polar surface area (TPSA) is 72.5 Å². The molecule has 0 fully saturated rings. The van der Waals surface area contributed by atoms with Crippen LogP contribution in [0.25, 0.3) is 10.1 Å². The van der Waals surface area contributed by atoms with Crippen molar-refractivity contribution in [2.75, 3.05) is 13.2 Å². The van der Waals surface area contributed by atoms with Crippen molar-refractivity contribution in [3.05, 3.63) is 69.8 Å². The zero-order valence-corrected chi connectivity index (χ0v) is 15.4. The second-order valence-electron chi connectivity index (χ2n) is 5.51. The minimum absolute atomic E-state index is 0.227. The highest BCUT2D eigenvalue weighted by Gasteiger charge is 2.18. The highest BCUT2D eigenvalue weighted by atomic mass is 35.5. The molecule has 0 spiro atoms. The fourth-order valence-corrected chi connectivity index (χ4v) is 3.74. The van der Waals surface area contributed by atoms with Gasteiger partial charge in [0.2, 0.25) is 0 Å². The molecule has 5 nitrogen and oxygen atoms in total. The van der Waals surface area contributed by atoms with Crippen LogP contribution in [-0.4, -0.2) is 30.8 Å². The summed E-state index contributed by atoms with van der Waals surface area (Å²) >= 11 is 7.43. The zero-order valence-electron chi connectivity index (χ0n) is 13.8. The van der Waals surface area contributed by atoms with Gasteiger partial charge in [-0.3, -0.25) is 14.4 Å². The first-order chi connectivity index (χ1) is 13.0. The number of hydrogen-bond acceptors (Lipinski definition) is 5. The summed E-state index contributed by atoms with van der Waals surface area (Å²) in [5.41, 5.74) is 0.227. The predicted octanol–water partition coefficient (Wildman–Crippen LogP) is 3.85. The van der Waals surface area contributed by atoms with Crippen molar-refractivity contribution >= 4 is 50.7 Å². The Kier molecular flexibility index (Phi) is 5.83. The quantitative estimate of drug-likeness (QED) is 0.499. The number of carbonyl (C=O) groups excluding carboxylic acids is 3. The first-order valence-corrected chi connectivity index (χ1v) is 9.05. The highest BCUT2D eigenvalue weighted by molar-refractivity contribution is 7.21. The molecule has 1 heterocycles. The van der Waals surface area contributed by atoms with Gasteiger partial charge in [0.05, 0.1) is 5.02 Å². The number of amides is 1. The predicted molar refractivity (Wildman–Crippen MR) is 101 cm³/mol. The van der Waals surface area contributed by atoms with Gasteiger partial charge in [0, 0.05) is 15.6 Å². The molecule has 3 aromatic rings. The summed E-state index contributed by atoms with van der Waals surface area (Å²) in [6, 6.07) is 12.2. The third-order valence-corrected chi connectivity index (χ3v) is 5.34. The Morgan fingerprint density at radius 1 is 1.07 bits per heavy atom. The number of esters is 1. The second-order valence-corrected chi connectivity index (χ2v) is 6.94. The molecule has 8 heteroatoms. The maximum atomic E-state index is 12.8. The van der Waals surface area contributed by atoms with Crippen LogP contribution in [0, 0.1) is 5.82 Å². The molecule has 3 rings (SSSR count). The summed E-state index contributed by atoms with van der Waals surface area (Å²) in [6.07, 6.45) is 0. The van der Waals surface area contributed by atoms with E-state index in [1.54, 1.807) is 6.07 Å². The lowest BCUT2D eigenvalue weighted by Crippen LogP contribution is -2.31. The van der Waals surface area contributed by atoms with E-state index in [4.69, 9.17) is 16.3 Å². The van der Waals surface area contributed by atoms with E-state index in [-0.39, 0.29) is 5.56 Å². The van der Waals surface area contributed by atoms with Crippen molar-refractivity contribution in [2.45, 2.75) is 0 Å². The Morgan fingerprint density at radius 2 is 1.78 bits per heavy atom. The Balaban J connectivity index is 1.52. The van der Waals surface area contributed by atoms with Gasteiger partial charge < -0.3 is 10.1 Å². The van der Waals surface area contributed by atoms with Gasteiger partial charge >= 0.3 is 5.97 Å². The molecule has 0 saturated heterocycles. The second kappa shape index (κ2) is 8.28. The van der Waals surface area contributed by atoms with Crippen LogP contribution in [0.2, 0.25) is 5.02 Å². The van der Waals surface area contributed by atoms with Crippen LogP contribution in [0.15, 0.2) is 48.5 Å². The number of nitrogens with one attached hydrogen (secondary N) is 1. The number of rotatable bonds is 6. The molecule has 0 aliphatic rings. The molecule has 1 aromatic heterocycles. The smallest absolute Gasteiger partial charge is 0.325 e. The maximum Gasteiger partial charge on any atom is 0.325 e. The van der Waals surface area contributed by atoms with E-state index < -0.39 is 36.6 Å². The van der Waals surface area contributed by atoms with Crippen LogP contribution in [-0.2, 0) is 9.53 Å². The van der Waals surface area contributed by atoms with E-state index in [0.717, 1.165) is 22.2 Å². The molecule has 1 N–H and O–H groups in total. The molecule has 0 unspecified atom stereocenters. The third-order valence-electron chi connectivity index (χ3n) is 3.66. The minimum atomic E-state index is -0.768. The zero-order chi connectivity index (χ0) is 19.4. The fourth-order valence-electron chi connectivity index (χ4n) is 2.31. The van der Waals surface area contributed by atoms with Crippen molar-refractivity contribution in [3.8, 4) is 0 Å². The van der Waals surface area contributed by atoms with Gasteiger partial charge in [0.1, 0.15) is 17.2 Å². The van der Waals surface area contributed by atoms with Crippen LogP contribution in [0.5, 0.6) is 0 Å². The largest absolute Gasteiger partial charge is 0.456 e. The summed E-state index contributed by atoms with van der Waals surface area (Å²) in [5, 5.41) is 3.52. The SMILES string of the molecule is O=C(CNC(=O)c1sc2ccccc2c1Cl)OCC(=O)c1ccc(F)cc1. The van der Waals surface area contributed by atoms with E-state index in [2.05, 4.69) is 5.32 Å². The first-order valence-electron chi connectivity index (χ1n) is 7.85. The lowest BCUT2D eigenvalue weighted by atomic mass is 10.1. The van der Waals surface area contributed by atoms with Gasteiger partial charge in [-0.2, -0.15) is 0 Å². The van der Waals surface area contributed by atoms with Gasteiger partial charge in [0.15, 0.2) is 12.4 Å². The molecular formula is C19H13ClFNO4S. The number of Topliss-reactive ketones (excluding diaryl/α,β-unsaturated/α-hetero) is 1. The molecule has 0 atom stereocenters. The number of benzene rings is 2. The van der Waals surface area contributed by atoms with E-state index in [1.807, 2.05) is 18.2 Å². The monoisotopic (exact) mass is 405 g/mol. The van der Waals surface area contributed by atoms with Crippen molar-refractivity contribution < 1.29 is 23.5 Å². The van der Waals surface area contributed by atoms with Crippen LogP contribution in [0.1, 0.15) is 20.0 Å². The van der Waals surface area contributed by atoms with Crippen LogP contribution in [0.3, 0.4) is 0 Å². The van der Waals surface area contributed by atoms with Crippen molar-refractivity contribution in [1.82, 2.24) is 5.32 Å². The molecule has 27 heavy (non-hydrogen) atoms. The van der Waals surface area contributed by atoms with Crippen molar-refractivity contribution in [1.29, 1.82) is 0 Å². The summed E-state index contributed by atoms with van der Waals surface area (Å²) in [6.45, 7) is -0.899. The van der Waals surface area contributed by atoms with Crippen molar-refractivity contribution in [2.24, 2.45) is 0 Å². The highest BCUT2D eigenvalue weighted by Crippen LogP contribution is 2.34. The number of halogens is 2. The van der Waals surface area contributed by atoms with Gasteiger partial charge in [-0.05, 0) is 30.3 Å². The van der Waals surface area contributed by atoms with Crippen LogP contribution < -0.4 is 5.32 Å². The summed E-state index contributed by atoms with van der Waals surface area (Å²) in [5.74, 6) is -2.20. The van der Waals surface area contributed by atoms with E-state index >= 15 is 0 Å². The molecule has 0 aliphatic carbocycles. The van der Waals surface area contributed by atoms with Gasteiger partial charge in [-0.1, -0.05) is 29.8 Å². The number of thiophene rings is 1. The van der Waals surface area contributed by atoms with E-state index in [9.17, 15) is 18.8 Å². The fraction of sp³-hybridized carbons (Fsp3) is 0.105. The lowest BCUT2D eigenvalue weighted by molar-refractivity contribution is -0.141. The Labute approximate surface area is 162 Å². The molecule has 138 valence electrons. The summed E-state index contributed by atoms with van der Waals surface area (Å²) in [4.78, 5) is 36.1. The minimum Gasteiger partial charge on any atom is -0.456 e. The van der Waals surface area contributed by atoms with Crippen LogP contribution in [0.4, 0.5) is 4.39 Å². The van der Waals surface area contributed by atoms with Crippen molar-refractivity contribution in [3.63, 3.8) is 0 Å². The van der Waals surface area contributed by atoms with Gasteiger partial charge in [-0.25, -0.2) is 4.39 Å². The molecular weight excluding hydrogens is 393 g/mol. The summed E-state index contributed by atoms with van der Waals surface area (Å²) < 4.78 is 18.5. The average molecular weight is 406 g/mol. The Hall–Kier alpha value is -2.77. The standard InChI is InChI=1S/C19H13ClFNO4S/c20-17-13-3-1-2-4-15(13)27-18(17)19(25)22-9-16(24)26-10-14(23)11-5-7-12(21)8-6-11/h1-8H,9-10H2,(H,22,25). The number of ether oxygens (including phenoxy) is 1.